The number of nitrogens with one attached hydrogen (secondary N) is 2. The van der Waals surface area contributed by atoms with Gasteiger partial charge in [-0.1, -0.05) is 0 Å². The molecule has 1 atom stereocenters. The number of aromatic nitrogens is 5. The Morgan fingerprint density at radius 1 is 1.48 bits per heavy atom. The summed E-state index contributed by atoms with van der Waals surface area (Å²) in [6.45, 7) is 2.16. The van der Waals surface area contributed by atoms with E-state index >= 15 is 0 Å². The molecule has 4 rings (SSSR count). The van der Waals surface area contributed by atoms with E-state index in [2.05, 4.69) is 32.5 Å². The van der Waals surface area contributed by atoms with E-state index in [0.717, 1.165) is 16.5 Å². The SMILES string of the molecule is C[C@@H](C1CC1)n1cc(NC(=O)c2csc(-c3cn[nH]c3)n2)cn1. The second kappa shape index (κ2) is 5.62. The number of nitrogens with zero attached hydrogens (tertiary/aromatic N) is 4. The first-order valence-electron chi connectivity index (χ1n) is 7.51. The molecule has 8 heteroatoms. The van der Waals surface area contributed by atoms with Gasteiger partial charge in [-0.2, -0.15) is 10.2 Å². The van der Waals surface area contributed by atoms with E-state index in [0.29, 0.717) is 17.4 Å². The van der Waals surface area contributed by atoms with Crippen LogP contribution in [0.3, 0.4) is 0 Å². The average Bonchev–Trinajstić information content (AvgIpc) is 3.01. The molecule has 1 fully saturated rings. The number of carbonyl (C=O) groups excluding carboxylic acids is 1. The molecule has 3 heterocycles. The zero-order valence-corrected chi connectivity index (χ0v) is 13.4. The maximum absolute atomic E-state index is 12.3. The molecule has 1 aliphatic carbocycles. The topological polar surface area (TPSA) is 88.5 Å². The summed E-state index contributed by atoms with van der Waals surface area (Å²) in [5.74, 6) is 0.490. The molecule has 1 saturated carbocycles. The van der Waals surface area contributed by atoms with E-state index in [9.17, 15) is 4.79 Å². The Labute approximate surface area is 136 Å². The first-order chi connectivity index (χ1) is 11.2. The maximum atomic E-state index is 12.3. The van der Waals surface area contributed by atoms with Crippen LogP contribution >= 0.6 is 11.3 Å². The number of H-pyrrole nitrogens is 1. The van der Waals surface area contributed by atoms with E-state index in [1.54, 1.807) is 24.0 Å². The van der Waals surface area contributed by atoms with Crippen LogP contribution in [-0.4, -0.2) is 30.9 Å². The van der Waals surface area contributed by atoms with Crippen LogP contribution in [0.1, 0.15) is 36.3 Å². The number of amides is 1. The molecule has 1 aliphatic rings. The van der Waals surface area contributed by atoms with Crippen LogP contribution in [0.25, 0.3) is 10.6 Å². The molecule has 3 aromatic rings. The van der Waals surface area contributed by atoms with Crippen LogP contribution < -0.4 is 5.32 Å². The van der Waals surface area contributed by atoms with Crippen molar-refractivity contribution < 1.29 is 4.79 Å². The van der Waals surface area contributed by atoms with E-state index < -0.39 is 0 Å². The summed E-state index contributed by atoms with van der Waals surface area (Å²) in [7, 11) is 0. The highest BCUT2D eigenvalue weighted by atomic mass is 32.1. The van der Waals surface area contributed by atoms with Crippen LogP contribution in [-0.2, 0) is 0 Å². The van der Waals surface area contributed by atoms with Crippen molar-refractivity contribution in [1.82, 2.24) is 25.0 Å². The van der Waals surface area contributed by atoms with Crippen molar-refractivity contribution in [1.29, 1.82) is 0 Å². The molecule has 0 spiro atoms. The number of aromatic amines is 1. The molecule has 1 amide bonds. The standard InChI is InChI=1S/C15H16N6OS/c1-9(10-2-3-10)21-7-12(6-18-21)19-14(22)13-8-23-15(20-13)11-4-16-17-5-11/h4-10H,2-3H2,1H3,(H,16,17)(H,19,22)/t9-/m0/s1. The third-order valence-electron chi connectivity index (χ3n) is 4.06. The molecule has 3 aromatic heterocycles. The molecule has 118 valence electrons. The fourth-order valence-corrected chi connectivity index (χ4v) is 3.28. The van der Waals surface area contributed by atoms with Gasteiger partial charge < -0.3 is 5.32 Å². The van der Waals surface area contributed by atoms with E-state index in [1.807, 2.05) is 10.9 Å². The van der Waals surface area contributed by atoms with Crippen molar-refractivity contribution >= 4 is 22.9 Å². The Morgan fingerprint density at radius 3 is 3.09 bits per heavy atom. The molecule has 2 N–H and O–H groups in total. The van der Waals surface area contributed by atoms with Crippen molar-refractivity contribution in [2.24, 2.45) is 5.92 Å². The second-order valence-electron chi connectivity index (χ2n) is 5.77. The van der Waals surface area contributed by atoms with Gasteiger partial charge in [-0.3, -0.25) is 14.6 Å². The van der Waals surface area contributed by atoms with Crippen LogP contribution in [0.2, 0.25) is 0 Å². The van der Waals surface area contributed by atoms with Crippen molar-refractivity contribution in [3.05, 3.63) is 35.9 Å². The molecule has 0 aliphatic heterocycles. The summed E-state index contributed by atoms with van der Waals surface area (Å²) in [6, 6.07) is 0.382. The second-order valence-corrected chi connectivity index (χ2v) is 6.62. The number of hydrogen-bond acceptors (Lipinski definition) is 5. The number of rotatable bonds is 5. The van der Waals surface area contributed by atoms with Gasteiger partial charge in [0.25, 0.3) is 5.91 Å². The Balaban J connectivity index is 1.45. The highest BCUT2D eigenvalue weighted by molar-refractivity contribution is 7.13. The Kier molecular flexibility index (Phi) is 3.45. The third-order valence-corrected chi connectivity index (χ3v) is 4.95. The molecule has 7 nitrogen and oxygen atoms in total. The van der Waals surface area contributed by atoms with Gasteiger partial charge in [-0.15, -0.1) is 11.3 Å². The summed E-state index contributed by atoms with van der Waals surface area (Å²) < 4.78 is 1.92. The van der Waals surface area contributed by atoms with E-state index in [4.69, 9.17) is 0 Å². The smallest absolute Gasteiger partial charge is 0.275 e. The van der Waals surface area contributed by atoms with Gasteiger partial charge in [0.2, 0.25) is 0 Å². The summed E-state index contributed by atoms with van der Waals surface area (Å²) in [6.07, 6.45) is 9.52. The zero-order chi connectivity index (χ0) is 15.8. The minimum absolute atomic E-state index is 0.227. The van der Waals surface area contributed by atoms with Crippen LogP contribution in [0.4, 0.5) is 5.69 Å². The Bertz CT molecular complexity index is 817. The lowest BCUT2D eigenvalue weighted by Gasteiger charge is -2.09. The van der Waals surface area contributed by atoms with E-state index in [1.165, 1.54) is 24.2 Å². The largest absolute Gasteiger partial charge is 0.318 e. The van der Waals surface area contributed by atoms with Crippen molar-refractivity contribution in [2.75, 3.05) is 5.32 Å². The highest BCUT2D eigenvalue weighted by Crippen LogP contribution is 2.39. The van der Waals surface area contributed by atoms with Crippen molar-refractivity contribution in [3.63, 3.8) is 0 Å². The van der Waals surface area contributed by atoms with Gasteiger partial charge in [0, 0.05) is 23.3 Å². The Morgan fingerprint density at radius 2 is 2.35 bits per heavy atom. The van der Waals surface area contributed by atoms with Gasteiger partial charge in [0.1, 0.15) is 10.7 Å². The van der Waals surface area contributed by atoms with Gasteiger partial charge in [0.15, 0.2) is 0 Å². The predicted octanol–water partition coefficient (Wildman–Crippen LogP) is 2.95. The summed E-state index contributed by atoms with van der Waals surface area (Å²) >= 11 is 1.42. The molecule has 0 unspecified atom stereocenters. The predicted molar refractivity (Wildman–Crippen MR) is 87.3 cm³/mol. The lowest BCUT2D eigenvalue weighted by molar-refractivity contribution is 0.102. The first-order valence-corrected chi connectivity index (χ1v) is 8.39. The van der Waals surface area contributed by atoms with Crippen LogP contribution in [0.15, 0.2) is 30.2 Å². The van der Waals surface area contributed by atoms with Gasteiger partial charge in [0.05, 0.1) is 24.1 Å². The fourth-order valence-electron chi connectivity index (χ4n) is 2.49. The van der Waals surface area contributed by atoms with Gasteiger partial charge >= 0.3 is 0 Å². The number of hydrogen-bond donors (Lipinski definition) is 2. The van der Waals surface area contributed by atoms with Gasteiger partial charge in [-0.25, -0.2) is 4.98 Å². The monoisotopic (exact) mass is 328 g/mol. The summed E-state index contributed by atoms with van der Waals surface area (Å²) in [4.78, 5) is 16.6. The fraction of sp³-hybridized carbons (Fsp3) is 0.333. The Hall–Kier alpha value is -2.48. The summed E-state index contributed by atoms with van der Waals surface area (Å²) in [5.41, 5.74) is 1.97. The molecule has 23 heavy (non-hydrogen) atoms. The first kappa shape index (κ1) is 14.1. The summed E-state index contributed by atoms with van der Waals surface area (Å²) in [5, 5.41) is 16.3. The van der Waals surface area contributed by atoms with Crippen molar-refractivity contribution in [2.45, 2.75) is 25.8 Å². The normalized spacial score (nSPS) is 15.5. The molecule has 0 bridgehead atoms. The molecular weight excluding hydrogens is 312 g/mol. The lowest BCUT2D eigenvalue weighted by atomic mass is 10.2. The molecule has 0 saturated heterocycles. The minimum Gasteiger partial charge on any atom is -0.318 e. The number of thiazole rings is 1. The highest BCUT2D eigenvalue weighted by Gasteiger charge is 2.29. The third kappa shape index (κ3) is 2.89. The minimum atomic E-state index is -0.227. The molecule has 0 radical (unpaired) electrons. The average molecular weight is 328 g/mol. The quantitative estimate of drug-likeness (QED) is 0.753. The van der Waals surface area contributed by atoms with Gasteiger partial charge in [-0.05, 0) is 25.7 Å². The molecular formula is C15H16N6OS. The van der Waals surface area contributed by atoms with Crippen LogP contribution in [0, 0.1) is 5.92 Å². The van der Waals surface area contributed by atoms with Crippen molar-refractivity contribution in [3.8, 4) is 10.6 Å². The zero-order valence-electron chi connectivity index (χ0n) is 12.6. The molecule has 0 aromatic carbocycles. The number of carbonyl (C=O) groups is 1. The lowest BCUT2D eigenvalue weighted by Crippen LogP contribution is -2.12. The number of anilines is 1. The van der Waals surface area contributed by atoms with E-state index in [-0.39, 0.29) is 5.91 Å². The maximum Gasteiger partial charge on any atom is 0.275 e. The van der Waals surface area contributed by atoms with Crippen LogP contribution in [0.5, 0.6) is 0 Å².